The van der Waals surface area contributed by atoms with Crippen LogP contribution in [0.15, 0.2) is 41.2 Å². The third-order valence-corrected chi connectivity index (χ3v) is 5.82. The number of benzene rings is 1. The molecule has 0 radical (unpaired) electrons. The molecule has 1 aliphatic heterocycles. The smallest absolute Gasteiger partial charge is 0.278 e. The van der Waals surface area contributed by atoms with Crippen molar-refractivity contribution in [3.63, 3.8) is 0 Å². The summed E-state index contributed by atoms with van der Waals surface area (Å²) in [5.74, 6) is 0.700. The largest absolute Gasteiger partial charge is 0.494 e. The minimum absolute atomic E-state index is 0.131. The van der Waals surface area contributed by atoms with Crippen LogP contribution in [0.2, 0.25) is 0 Å². The fourth-order valence-corrected chi connectivity index (χ4v) is 4.51. The van der Waals surface area contributed by atoms with E-state index in [0.29, 0.717) is 11.6 Å². The number of ether oxygens (including phenoxy) is 1. The molecule has 0 N–H and O–H groups in total. The number of carbonyl (C=O) groups excluding carboxylic acids is 1. The van der Waals surface area contributed by atoms with Crippen molar-refractivity contribution in [2.45, 2.75) is 44.6 Å². The molecule has 0 spiro atoms. The number of nitrogens with zero attached hydrogens (tertiary/aromatic N) is 3. The predicted octanol–water partition coefficient (Wildman–Crippen LogP) is 3.04. The zero-order chi connectivity index (χ0) is 18.8. The lowest BCUT2D eigenvalue weighted by atomic mass is 9.78. The quantitative estimate of drug-likeness (QED) is 0.836. The van der Waals surface area contributed by atoms with Crippen LogP contribution in [0.5, 0.6) is 5.75 Å². The Morgan fingerprint density at radius 3 is 2.63 bits per heavy atom. The molecule has 1 aliphatic carbocycles. The van der Waals surface area contributed by atoms with E-state index in [0.717, 1.165) is 19.4 Å². The topological polar surface area (TPSA) is 64.4 Å². The number of para-hydroxylation sites is 1. The molecule has 1 aromatic carbocycles. The number of likely N-dealkylation sites (tertiary alicyclic amines) is 1. The maximum absolute atomic E-state index is 13.4. The second-order valence-electron chi connectivity index (χ2n) is 7.40. The molecule has 0 unspecified atom stereocenters. The van der Waals surface area contributed by atoms with Crippen molar-refractivity contribution >= 4 is 5.91 Å². The Morgan fingerprint density at radius 1 is 1.11 bits per heavy atom. The second-order valence-corrected chi connectivity index (χ2v) is 7.40. The van der Waals surface area contributed by atoms with Crippen LogP contribution in [0.25, 0.3) is 5.69 Å². The minimum atomic E-state index is -0.316. The lowest BCUT2D eigenvalue weighted by molar-refractivity contribution is 0.0380. The van der Waals surface area contributed by atoms with Crippen molar-refractivity contribution in [3.05, 3.63) is 52.4 Å². The summed E-state index contributed by atoms with van der Waals surface area (Å²) in [6.07, 6.45) is 6.89. The van der Waals surface area contributed by atoms with E-state index in [2.05, 4.69) is 5.10 Å². The van der Waals surface area contributed by atoms with Gasteiger partial charge in [-0.2, -0.15) is 9.78 Å². The summed E-state index contributed by atoms with van der Waals surface area (Å²) < 4.78 is 6.62. The van der Waals surface area contributed by atoms with Gasteiger partial charge < -0.3 is 9.64 Å². The molecule has 142 valence electrons. The van der Waals surface area contributed by atoms with Crippen LogP contribution < -0.4 is 10.3 Å². The van der Waals surface area contributed by atoms with E-state index >= 15 is 0 Å². The van der Waals surface area contributed by atoms with Gasteiger partial charge in [-0.1, -0.05) is 31.0 Å². The first kappa shape index (κ1) is 17.8. The van der Waals surface area contributed by atoms with Crippen LogP contribution >= 0.6 is 0 Å². The normalized spacial score (nSPS) is 22.2. The van der Waals surface area contributed by atoms with Crippen LogP contribution in [0.1, 0.15) is 49.0 Å². The molecule has 1 saturated carbocycles. The Bertz CT molecular complexity index is 876. The second kappa shape index (κ2) is 7.55. The summed E-state index contributed by atoms with van der Waals surface area (Å²) in [4.78, 5) is 27.8. The Kier molecular flexibility index (Phi) is 4.97. The number of amides is 1. The summed E-state index contributed by atoms with van der Waals surface area (Å²) in [5.41, 5.74) is 0.532. The van der Waals surface area contributed by atoms with Crippen LogP contribution in [0, 0.1) is 5.92 Å². The molecular formula is C21H25N3O3. The minimum Gasteiger partial charge on any atom is -0.494 e. The highest BCUT2D eigenvalue weighted by Crippen LogP contribution is 2.36. The van der Waals surface area contributed by atoms with Gasteiger partial charge in [0.1, 0.15) is 0 Å². The van der Waals surface area contributed by atoms with Gasteiger partial charge in [0.25, 0.3) is 11.5 Å². The number of piperidine rings is 1. The summed E-state index contributed by atoms with van der Waals surface area (Å²) in [6.45, 7) is 0.745. The highest BCUT2D eigenvalue weighted by Gasteiger charge is 2.37. The SMILES string of the molecule is COc1cc(=O)n(-c2ccccc2)nc1C(=O)N1CCC[C@@H]2CCCC[C@H]21. The first-order chi connectivity index (χ1) is 13.2. The van der Waals surface area contributed by atoms with Gasteiger partial charge in [-0.05, 0) is 43.7 Å². The average Bonchev–Trinajstić information content (AvgIpc) is 2.73. The van der Waals surface area contributed by atoms with Crippen LogP contribution in [0.4, 0.5) is 0 Å². The van der Waals surface area contributed by atoms with E-state index in [-0.39, 0.29) is 29.0 Å². The standard InChI is InChI=1S/C21H25N3O3/c1-27-18-14-19(25)24(16-10-3-2-4-11-16)22-20(18)21(26)23-13-7-9-15-8-5-6-12-17(15)23/h2-4,10-11,14-15,17H,5-9,12-13H2,1H3/t15-,17+/m0/s1. The molecule has 0 bridgehead atoms. The average molecular weight is 367 g/mol. The van der Waals surface area contributed by atoms with Crippen molar-refractivity contribution in [2.24, 2.45) is 5.92 Å². The van der Waals surface area contributed by atoms with Gasteiger partial charge >= 0.3 is 0 Å². The van der Waals surface area contributed by atoms with Crippen LogP contribution in [-0.2, 0) is 0 Å². The van der Waals surface area contributed by atoms with Crippen molar-refractivity contribution in [1.82, 2.24) is 14.7 Å². The van der Waals surface area contributed by atoms with Crippen LogP contribution in [0.3, 0.4) is 0 Å². The molecule has 2 fully saturated rings. The molecule has 4 rings (SSSR count). The number of carbonyl (C=O) groups is 1. The highest BCUT2D eigenvalue weighted by atomic mass is 16.5. The molecule has 2 aliphatic rings. The van der Waals surface area contributed by atoms with Crippen LogP contribution in [-0.4, -0.2) is 40.3 Å². The van der Waals surface area contributed by atoms with E-state index in [1.165, 1.54) is 43.5 Å². The summed E-state index contributed by atoms with van der Waals surface area (Å²) in [7, 11) is 1.47. The maximum Gasteiger partial charge on any atom is 0.278 e. The molecule has 2 heterocycles. The van der Waals surface area contributed by atoms with Crippen molar-refractivity contribution < 1.29 is 9.53 Å². The highest BCUT2D eigenvalue weighted by molar-refractivity contribution is 5.95. The fraction of sp³-hybridized carbons (Fsp3) is 0.476. The Balaban J connectivity index is 1.73. The Hall–Kier alpha value is -2.63. The number of rotatable bonds is 3. The molecule has 2 atom stereocenters. The van der Waals surface area contributed by atoms with E-state index in [1.807, 2.05) is 23.1 Å². The van der Waals surface area contributed by atoms with Gasteiger partial charge in [-0.3, -0.25) is 9.59 Å². The molecule has 6 nitrogen and oxygen atoms in total. The predicted molar refractivity (Wildman–Crippen MR) is 102 cm³/mol. The first-order valence-corrected chi connectivity index (χ1v) is 9.74. The molecule has 1 saturated heterocycles. The molecular weight excluding hydrogens is 342 g/mol. The lowest BCUT2D eigenvalue weighted by Gasteiger charge is -2.44. The lowest BCUT2D eigenvalue weighted by Crippen LogP contribution is -2.50. The number of aromatic nitrogens is 2. The number of fused-ring (bicyclic) bond motifs is 1. The summed E-state index contributed by atoms with van der Waals surface area (Å²) in [5, 5.41) is 4.41. The molecule has 1 aromatic heterocycles. The van der Waals surface area contributed by atoms with E-state index in [9.17, 15) is 9.59 Å². The van der Waals surface area contributed by atoms with Gasteiger partial charge in [0.15, 0.2) is 11.4 Å². The van der Waals surface area contributed by atoms with Gasteiger partial charge in [-0.15, -0.1) is 0 Å². The third kappa shape index (κ3) is 3.36. The number of methoxy groups -OCH3 is 1. The Morgan fingerprint density at radius 2 is 1.85 bits per heavy atom. The third-order valence-electron chi connectivity index (χ3n) is 5.82. The number of hydrogen-bond donors (Lipinski definition) is 0. The van der Waals surface area contributed by atoms with Crippen molar-refractivity contribution in [1.29, 1.82) is 0 Å². The summed E-state index contributed by atoms with van der Waals surface area (Å²) >= 11 is 0. The monoisotopic (exact) mass is 367 g/mol. The Labute approximate surface area is 158 Å². The van der Waals surface area contributed by atoms with Gasteiger partial charge in [-0.25, -0.2) is 0 Å². The van der Waals surface area contributed by atoms with E-state index in [4.69, 9.17) is 4.74 Å². The first-order valence-electron chi connectivity index (χ1n) is 9.74. The van der Waals surface area contributed by atoms with Crippen molar-refractivity contribution in [3.8, 4) is 11.4 Å². The van der Waals surface area contributed by atoms with Gasteiger partial charge in [0.2, 0.25) is 0 Å². The summed E-state index contributed by atoms with van der Waals surface area (Å²) in [6, 6.07) is 10.8. The molecule has 6 heteroatoms. The number of hydrogen-bond acceptors (Lipinski definition) is 4. The molecule has 1 amide bonds. The van der Waals surface area contributed by atoms with E-state index in [1.54, 1.807) is 12.1 Å². The zero-order valence-electron chi connectivity index (χ0n) is 15.6. The zero-order valence-corrected chi connectivity index (χ0v) is 15.6. The maximum atomic E-state index is 13.4. The molecule has 27 heavy (non-hydrogen) atoms. The fourth-order valence-electron chi connectivity index (χ4n) is 4.51. The van der Waals surface area contributed by atoms with Crippen molar-refractivity contribution in [2.75, 3.05) is 13.7 Å². The van der Waals surface area contributed by atoms with Gasteiger partial charge in [0, 0.05) is 12.6 Å². The van der Waals surface area contributed by atoms with E-state index < -0.39 is 0 Å². The van der Waals surface area contributed by atoms with Gasteiger partial charge in [0.05, 0.1) is 18.9 Å². The molecule has 2 aromatic rings.